The molecule has 1 aliphatic heterocycles. The number of hydrogen-bond donors (Lipinski definition) is 5. The van der Waals surface area contributed by atoms with Crippen LogP contribution in [0.5, 0.6) is 5.75 Å². The molecule has 1 aliphatic rings. The molecule has 6 N–H and O–H groups in total. The van der Waals surface area contributed by atoms with E-state index >= 15 is 0 Å². The highest BCUT2D eigenvalue weighted by atomic mass is 32.3. The number of aromatic hydroxyl groups is 1. The minimum absolute atomic E-state index is 0.0401. The number of hydrogen-bond acceptors (Lipinski definition) is 7. The zero-order chi connectivity index (χ0) is 19.5. The molecule has 2 rings (SSSR count). The van der Waals surface area contributed by atoms with Gasteiger partial charge in [-0.2, -0.15) is 5.26 Å². The van der Waals surface area contributed by atoms with Gasteiger partial charge in [-0.1, -0.05) is 6.07 Å². The minimum atomic E-state index is -3.24. The van der Waals surface area contributed by atoms with Crippen LogP contribution in [0.4, 0.5) is 9.57 Å². The fourth-order valence-corrected chi connectivity index (χ4v) is 3.62. The molecule has 1 atom stereocenters. The van der Waals surface area contributed by atoms with Crippen LogP contribution in [0.2, 0.25) is 0 Å². The molecule has 0 spiro atoms. The Labute approximate surface area is 153 Å². The van der Waals surface area contributed by atoms with Crippen LogP contribution in [0.3, 0.4) is 0 Å². The number of benzene rings is 1. The monoisotopic (exact) mass is 380 g/mol. The first-order valence-corrected chi connectivity index (χ1v) is 9.15. The highest BCUT2D eigenvalue weighted by Gasteiger charge is 2.39. The van der Waals surface area contributed by atoms with E-state index in [0.717, 1.165) is 5.56 Å². The van der Waals surface area contributed by atoms with E-state index in [0.29, 0.717) is 11.3 Å². The average molecular weight is 380 g/mol. The fraction of sp³-hybridized carbons (Fsp3) is 0.250. The van der Waals surface area contributed by atoms with Crippen molar-refractivity contribution in [1.82, 2.24) is 14.5 Å². The van der Waals surface area contributed by atoms with Crippen molar-refractivity contribution in [3.63, 3.8) is 0 Å². The number of anilines is 1. The average Bonchev–Trinajstić information content (AvgIpc) is 2.57. The lowest BCUT2D eigenvalue weighted by molar-refractivity contribution is -0.112. The van der Waals surface area contributed by atoms with Crippen molar-refractivity contribution in [2.45, 2.75) is 13.8 Å². The zero-order valence-electron chi connectivity index (χ0n) is 14.6. The van der Waals surface area contributed by atoms with Crippen LogP contribution >= 0.6 is 10.8 Å². The number of amides is 1. The summed E-state index contributed by atoms with van der Waals surface area (Å²) < 4.78 is 20.0. The molecule has 0 aliphatic carbocycles. The molecule has 0 aromatic heterocycles. The van der Waals surface area contributed by atoms with Crippen molar-refractivity contribution in [1.29, 1.82) is 5.26 Å². The lowest BCUT2D eigenvalue weighted by Crippen LogP contribution is -2.40. The maximum Gasteiger partial charge on any atom is 0.267 e. The molecular weight excluding hydrogens is 359 g/mol. The van der Waals surface area contributed by atoms with E-state index in [1.54, 1.807) is 19.9 Å². The van der Waals surface area contributed by atoms with Gasteiger partial charge in [-0.25, -0.2) is 10.6 Å². The summed E-state index contributed by atoms with van der Waals surface area (Å²) in [6.45, 7) is 3.34. The number of aryl methyl sites for hydroxylation is 1. The molecule has 1 heterocycles. The third kappa shape index (κ3) is 4.08. The highest BCUT2D eigenvalue weighted by molar-refractivity contribution is 8.31. The second-order valence-electron chi connectivity index (χ2n) is 5.77. The van der Waals surface area contributed by atoms with Crippen molar-refractivity contribution in [3.05, 3.63) is 46.1 Å². The smallest absolute Gasteiger partial charge is 0.267 e. The van der Waals surface area contributed by atoms with Gasteiger partial charge in [0.25, 0.3) is 5.91 Å². The number of phenols is 1. The van der Waals surface area contributed by atoms with Crippen molar-refractivity contribution in [3.8, 4) is 11.8 Å². The molecule has 1 aromatic rings. The van der Waals surface area contributed by atoms with Gasteiger partial charge in [0.05, 0.1) is 28.1 Å². The Hall–Kier alpha value is -2.74. The summed E-state index contributed by atoms with van der Waals surface area (Å²) in [5, 5.41) is 22.6. The van der Waals surface area contributed by atoms with Gasteiger partial charge in [-0.05, 0) is 25.5 Å². The van der Waals surface area contributed by atoms with E-state index in [2.05, 4.69) is 14.8 Å². The summed E-state index contributed by atoms with van der Waals surface area (Å²) in [4.78, 5) is 12.4. The maximum atomic E-state index is 14.9. The lowest BCUT2D eigenvalue weighted by atomic mass is 10.1. The van der Waals surface area contributed by atoms with Gasteiger partial charge in [0.1, 0.15) is 10.7 Å². The maximum absolute atomic E-state index is 14.9. The molecular formula is C16H21FN6O2S. The Morgan fingerprint density at radius 1 is 1.54 bits per heavy atom. The standard InChI is InChI=1S/C16H21FN6O2S/c1-10-4-5-13(24)11(2)15(10)22-16(25)14-8-21-26(14,17)20-7-12(6-18)9-23(3)19/h4-5,8-9,20-21,24H,7,19H2,1-3H3,(H,22,25)/b12-9-. The van der Waals surface area contributed by atoms with Crippen LogP contribution < -0.4 is 20.6 Å². The second-order valence-corrected chi connectivity index (χ2v) is 7.81. The number of nitrogens with zero attached hydrogens (tertiary/aromatic N) is 2. The first-order valence-electron chi connectivity index (χ1n) is 7.62. The van der Waals surface area contributed by atoms with Crippen molar-refractivity contribution < 1.29 is 13.8 Å². The van der Waals surface area contributed by atoms with E-state index in [9.17, 15) is 13.8 Å². The van der Waals surface area contributed by atoms with Crippen molar-refractivity contribution in [2.75, 3.05) is 18.9 Å². The molecule has 140 valence electrons. The Kier molecular flexibility index (Phi) is 5.76. The number of halogens is 1. The number of rotatable bonds is 6. The van der Waals surface area contributed by atoms with E-state index in [-0.39, 0.29) is 22.8 Å². The van der Waals surface area contributed by atoms with Gasteiger partial charge >= 0.3 is 0 Å². The van der Waals surface area contributed by atoms with Gasteiger partial charge in [-0.3, -0.25) is 4.79 Å². The molecule has 1 aromatic carbocycles. The number of carbonyl (C=O) groups excluding carboxylic acids is 1. The van der Waals surface area contributed by atoms with E-state index < -0.39 is 16.7 Å². The predicted octanol–water partition coefficient (Wildman–Crippen LogP) is 1.71. The first-order chi connectivity index (χ1) is 12.2. The first kappa shape index (κ1) is 19.6. The molecule has 26 heavy (non-hydrogen) atoms. The van der Waals surface area contributed by atoms with Gasteiger partial charge in [0.2, 0.25) is 0 Å². The van der Waals surface area contributed by atoms with Gasteiger partial charge in [0.15, 0.2) is 0 Å². The number of carbonyl (C=O) groups is 1. The third-order valence-electron chi connectivity index (χ3n) is 3.73. The summed E-state index contributed by atoms with van der Waals surface area (Å²) in [5.74, 6) is 4.85. The Balaban J connectivity index is 2.09. The van der Waals surface area contributed by atoms with Crippen molar-refractivity contribution >= 4 is 22.4 Å². The van der Waals surface area contributed by atoms with Gasteiger partial charge in [0, 0.05) is 31.6 Å². The number of nitriles is 1. The van der Waals surface area contributed by atoms with Crippen LogP contribution in [-0.4, -0.2) is 29.6 Å². The number of phenolic OH excluding ortho intramolecular Hbond substituents is 1. The highest BCUT2D eigenvalue weighted by Crippen LogP contribution is 2.55. The number of hydrazine groups is 1. The molecule has 0 radical (unpaired) electrons. The van der Waals surface area contributed by atoms with Crippen LogP contribution in [-0.2, 0) is 4.79 Å². The summed E-state index contributed by atoms with van der Waals surface area (Å²) in [7, 11) is -1.70. The number of nitrogens with two attached hydrogens (primary N) is 1. The van der Waals surface area contributed by atoms with Crippen LogP contribution in [0.25, 0.3) is 0 Å². The molecule has 1 unspecified atom stereocenters. The molecule has 10 heteroatoms. The molecule has 0 bridgehead atoms. The van der Waals surface area contributed by atoms with E-state index in [1.807, 2.05) is 6.07 Å². The number of nitrogens with one attached hydrogen (secondary N) is 3. The van der Waals surface area contributed by atoms with Crippen LogP contribution in [0.1, 0.15) is 11.1 Å². The normalized spacial score (nSPS) is 21.4. The molecule has 0 saturated heterocycles. The largest absolute Gasteiger partial charge is 0.508 e. The third-order valence-corrected chi connectivity index (χ3v) is 5.62. The topological polar surface area (TPSA) is 126 Å². The van der Waals surface area contributed by atoms with E-state index in [4.69, 9.17) is 11.1 Å². The minimum Gasteiger partial charge on any atom is -0.508 e. The molecule has 0 fully saturated rings. The van der Waals surface area contributed by atoms with Gasteiger partial charge in [-0.15, -0.1) is 3.89 Å². The van der Waals surface area contributed by atoms with Gasteiger partial charge < -0.3 is 20.2 Å². The Bertz CT molecular complexity index is 833. The summed E-state index contributed by atoms with van der Waals surface area (Å²) in [6, 6.07) is 5.10. The lowest BCUT2D eigenvalue weighted by Gasteiger charge is -2.39. The van der Waals surface area contributed by atoms with Crippen LogP contribution in [0, 0.1) is 25.2 Å². The Morgan fingerprint density at radius 2 is 2.23 bits per heavy atom. The molecule has 1 amide bonds. The predicted molar refractivity (Wildman–Crippen MR) is 99.8 cm³/mol. The van der Waals surface area contributed by atoms with Crippen molar-refractivity contribution in [2.24, 2.45) is 5.84 Å². The fourth-order valence-electron chi connectivity index (χ4n) is 2.27. The molecule has 0 saturated carbocycles. The van der Waals surface area contributed by atoms with E-state index in [1.165, 1.54) is 30.5 Å². The quantitative estimate of drug-likeness (QED) is 0.289. The summed E-state index contributed by atoms with van der Waals surface area (Å²) in [5.41, 5.74) is 1.90. The Morgan fingerprint density at radius 3 is 2.77 bits per heavy atom. The van der Waals surface area contributed by atoms with Crippen LogP contribution in [0.15, 0.2) is 35.0 Å². The SMILES string of the molecule is Cc1ccc(O)c(C)c1NC(=O)C1=CNS1(F)NC/C(C#N)=C\N(C)N. The summed E-state index contributed by atoms with van der Waals surface area (Å²) in [6.07, 6.45) is 2.63. The molecule has 8 nitrogen and oxygen atoms in total. The zero-order valence-corrected chi connectivity index (χ0v) is 15.4. The summed E-state index contributed by atoms with van der Waals surface area (Å²) >= 11 is 0. The second kappa shape index (κ2) is 7.65.